The molecule has 1 aromatic heterocycles. The van der Waals surface area contributed by atoms with Crippen molar-refractivity contribution in [1.82, 2.24) is 19.0 Å². The summed E-state index contributed by atoms with van der Waals surface area (Å²) in [5, 5.41) is 7.76. The molecule has 2 aromatic carbocycles. The first kappa shape index (κ1) is 21.4. The van der Waals surface area contributed by atoms with Crippen LogP contribution in [0.3, 0.4) is 0 Å². The van der Waals surface area contributed by atoms with E-state index in [1.54, 1.807) is 58.4 Å². The third-order valence-corrected chi connectivity index (χ3v) is 7.33. The zero-order chi connectivity index (χ0) is 21.8. The second-order valence-corrected chi connectivity index (χ2v) is 9.41. The van der Waals surface area contributed by atoms with E-state index in [0.717, 1.165) is 11.4 Å². The molecule has 0 aliphatic carbocycles. The van der Waals surface area contributed by atoms with Crippen molar-refractivity contribution < 1.29 is 13.2 Å². The minimum absolute atomic E-state index is 0.0935. The van der Waals surface area contributed by atoms with Gasteiger partial charge < -0.3 is 10.2 Å². The number of carbonyl (C=O) groups is 1. The first-order chi connectivity index (χ1) is 14.9. The highest BCUT2D eigenvalue weighted by molar-refractivity contribution is 7.89. The molecule has 1 aliphatic rings. The third-order valence-electron chi connectivity index (χ3n) is 5.11. The minimum atomic E-state index is -3.54. The van der Waals surface area contributed by atoms with Gasteiger partial charge in [-0.3, -0.25) is 4.79 Å². The number of sulfonamides is 1. The maximum absolute atomic E-state index is 12.7. The number of nitrogens with zero attached hydrogens (tertiary/aromatic N) is 4. The molecule has 0 radical (unpaired) electrons. The van der Waals surface area contributed by atoms with Gasteiger partial charge in [0.25, 0.3) is 0 Å². The Labute approximate surface area is 186 Å². The Morgan fingerprint density at radius 3 is 2.42 bits per heavy atom. The molecule has 3 aromatic rings. The molecule has 1 amide bonds. The lowest BCUT2D eigenvalue weighted by atomic mass is 10.2. The van der Waals surface area contributed by atoms with Crippen LogP contribution in [-0.2, 0) is 14.8 Å². The highest BCUT2D eigenvalue weighted by Gasteiger charge is 2.29. The van der Waals surface area contributed by atoms with Crippen LogP contribution in [0.15, 0.2) is 71.9 Å². The molecule has 2 heterocycles. The molecule has 1 fully saturated rings. The first-order valence-corrected chi connectivity index (χ1v) is 11.6. The maximum atomic E-state index is 12.7. The lowest BCUT2D eigenvalue weighted by Crippen LogP contribution is -2.51. The van der Waals surface area contributed by atoms with Gasteiger partial charge >= 0.3 is 0 Å². The van der Waals surface area contributed by atoms with Crippen molar-refractivity contribution in [1.29, 1.82) is 0 Å². The second kappa shape index (κ2) is 9.09. The van der Waals surface area contributed by atoms with Gasteiger partial charge in [0, 0.05) is 44.3 Å². The summed E-state index contributed by atoms with van der Waals surface area (Å²) < 4.78 is 28.5. The Bertz CT molecular complexity index is 1150. The van der Waals surface area contributed by atoms with Crippen molar-refractivity contribution in [2.45, 2.75) is 4.90 Å². The molecule has 1 aliphatic heterocycles. The fraction of sp³-hybridized carbons (Fsp3) is 0.238. The monoisotopic (exact) mass is 459 g/mol. The molecule has 4 rings (SSSR count). The van der Waals surface area contributed by atoms with Crippen LogP contribution in [-0.4, -0.2) is 66.0 Å². The van der Waals surface area contributed by atoms with Crippen LogP contribution < -0.4 is 5.32 Å². The van der Waals surface area contributed by atoms with Crippen molar-refractivity contribution in [3.63, 3.8) is 0 Å². The molecule has 0 bridgehead atoms. The Kier molecular flexibility index (Phi) is 6.26. The van der Waals surface area contributed by atoms with Crippen LogP contribution in [0, 0.1) is 0 Å². The van der Waals surface area contributed by atoms with E-state index >= 15 is 0 Å². The molecule has 0 atom stereocenters. The SMILES string of the molecule is O=C(CNc1ccc(-n2cccn2)c(Cl)c1)N1CCN(S(=O)(=O)c2ccccc2)CC1. The van der Waals surface area contributed by atoms with E-state index in [1.807, 2.05) is 18.2 Å². The van der Waals surface area contributed by atoms with Gasteiger partial charge in [0.05, 0.1) is 22.2 Å². The number of hydrogen-bond acceptors (Lipinski definition) is 5. The van der Waals surface area contributed by atoms with Crippen LogP contribution >= 0.6 is 11.6 Å². The lowest BCUT2D eigenvalue weighted by molar-refractivity contribution is -0.130. The summed E-state index contributed by atoms with van der Waals surface area (Å²) >= 11 is 6.34. The first-order valence-electron chi connectivity index (χ1n) is 9.81. The van der Waals surface area contributed by atoms with Crippen LogP contribution in [0.4, 0.5) is 5.69 Å². The second-order valence-electron chi connectivity index (χ2n) is 7.07. The molecule has 162 valence electrons. The molecule has 8 nitrogen and oxygen atoms in total. The average molecular weight is 460 g/mol. The number of piperazine rings is 1. The lowest BCUT2D eigenvalue weighted by Gasteiger charge is -2.34. The van der Waals surface area contributed by atoms with E-state index in [2.05, 4.69) is 10.4 Å². The number of halogens is 1. The minimum Gasteiger partial charge on any atom is -0.376 e. The number of anilines is 1. The summed E-state index contributed by atoms with van der Waals surface area (Å²) in [6.45, 7) is 1.35. The molecule has 0 spiro atoms. The summed E-state index contributed by atoms with van der Waals surface area (Å²) in [6.07, 6.45) is 3.47. The maximum Gasteiger partial charge on any atom is 0.243 e. The van der Waals surface area contributed by atoms with Crippen molar-refractivity contribution in [3.8, 4) is 5.69 Å². The third kappa shape index (κ3) is 4.73. The number of nitrogens with one attached hydrogen (secondary N) is 1. The largest absolute Gasteiger partial charge is 0.376 e. The van der Waals surface area contributed by atoms with Gasteiger partial charge in [0.2, 0.25) is 15.9 Å². The van der Waals surface area contributed by atoms with Gasteiger partial charge in [-0.25, -0.2) is 13.1 Å². The highest BCUT2D eigenvalue weighted by atomic mass is 35.5. The number of benzene rings is 2. The molecular weight excluding hydrogens is 438 g/mol. The van der Waals surface area contributed by atoms with Crippen molar-refractivity contribution in [2.75, 3.05) is 38.0 Å². The fourth-order valence-electron chi connectivity index (χ4n) is 3.42. The molecule has 10 heteroatoms. The zero-order valence-corrected chi connectivity index (χ0v) is 18.3. The predicted octanol–water partition coefficient (Wildman–Crippen LogP) is 2.47. The molecule has 1 N–H and O–H groups in total. The Balaban J connectivity index is 1.31. The van der Waals surface area contributed by atoms with Crippen LogP contribution in [0.5, 0.6) is 0 Å². The van der Waals surface area contributed by atoms with Gasteiger partial charge in [0.15, 0.2) is 0 Å². The van der Waals surface area contributed by atoms with E-state index in [1.165, 1.54) is 4.31 Å². The highest BCUT2D eigenvalue weighted by Crippen LogP contribution is 2.24. The number of hydrogen-bond donors (Lipinski definition) is 1. The van der Waals surface area contributed by atoms with E-state index in [9.17, 15) is 13.2 Å². The van der Waals surface area contributed by atoms with Crippen molar-refractivity contribution in [3.05, 3.63) is 72.0 Å². The van der Waals surface area contributed by atoms with E-state index in [4.69, 9.17) is 11.6 Å². The topological polar surface area (TPSA) is 87.5 Å². The number of aromatic nitrogens is 2. The van der Waals surface area contributed by atoms with E-state index < -0.39 is 10.0 Å². The Hall–Kier alpha value is -2.88. The molecular formula is C21H22ClN5O3S. The molecule has 1 saturated heterocycles. The number of carbonyl (C=O) groups excluding carboxylic acids is 1. The summed E-state index contributed by atoms with van der Waals surface area (Å²) in [6, 6.07) is 15.6. The fourth-order valence-corrected chi connectivity index (χ4v) is 5.13. The number of amides is 1. The Morgan fingerprint density at radius 1 is 1.03 bits per heavy atom. The average Bonchev–Trinajstić information content (AvgIpc) is 3.33. The van der Waals surface area contributed by atoms with Crippen LogP contribution in [0.25, 0.3) is 5.69 Å². The van der Waals surface area contributed by atoms with Crippen molar-refractivity contribution >= 4 is 33.2 Å². The summed E-state index contributed by atoms with van der Waals surface area (Å²) in [5.74, 6) is -0.0935. The van der Waals surface area contributed by atoms with Crippen molar-refractivity contribution in [2.24, 2.45) is 0 Å². The molecule has 0 unspecified atom stereocenters. The van der Waals surface area contributed by atoms with Crippen LogP contribution in [0.2, 0.25) is 5.02 Å². The van der Waals surface area contributed by atoms with E-state index in [0.29, 0.717) is 18.1 Å². The molecule has 0 saturated carbocycles. The van der Waals surface area contributed by atoms with Gasteiger partial charge in [-0.05, 0) is 36.4 Å². The van der Waals surface area contributed by atoms with Crippen LogP contribution in [0.1, 0.15) is 0 Å². The molecule has 31 heavy (non-hydrogen) atoms. The summed E-state index contributed by atoms with van der Waals surface area (Å²) in [4.78, 5) is 14.5. The van der Waals surface area contributed by atoms with Gasteiger partial charge in [-0.2, -0.15) is 9.40 Å². The summed E-state index contributed by atoms with van der Waals surface area (Å²) in [5.41, 5.74) is 1.47. The normalized spacial score (nSPS) is 15.1. The van der Waals surface area contributed by atoms with Gasteiger partial charge in [-0.15, -0.1) is 0 Å². The summed E-state index contributed by atoms with van der Waals surface area (Å²) in [7, 11) is -3.54. The Morgan fingerprint density at radius 2 is 1.77 bits per heavy atom. The smallest absolute Gasteiger partial charge is 0.243 e. The van der Waals surface area contributed by atoms with Gasteiger partial charge in [-0.1, -0.05) is 29.8 Å². The number of rotatable bonds is 6. The quantitative estimate of drug-likeness (QED) is 0.611. The standard InChI is InChI=1S/C21H22ClN5O3S/c22-19-15-17(7-8-20(19)27-10-4-9-24-27)23-16-21(28)25-11-13-26(14-12-25)31(29,30)18-5-2-1-3-6-18/h1-10,15,23H,11-14,16H2. The van der Waals surface area contributed by atoms with Gasteiger partial charge in [0.1, 0.15) is 0 Å². The van der Waals surface area contributed by atoms with E-state index in [-0.39, 0.29) is 30.4 Å². The predicted molar refractivity (Wildman–Crippen MR) is 119 cm³/mol. The zero-order valence-electron chi connectivity index (χ0n) is 16.7.